The number of ether oxygens (including phenoxy) is 1. The van der Waals surface area contributed by atoms with E-state index in [0.29, 0.717) is 16.9 Å². The molecule has 0 aromatic heterocycles. The van der Waals surface area contributed by atoms with E-state index >= 15 is 0 Å². The molecule has 0 aliphatic heterocycles. The maximum Gasteiger partial charge on any atom is 0.263 e. The Balaban J connectivity index is 1.72. The van der Waals surface area contributed by atoms with Gasteiger partial charge >= 0.3 is 0 Å². The average molecular weight is 491 g/mol. The average Bonchev–Trinajstić information content (AvgIpc) is 2.78. The number of benzene rings is 3. The minimum absolute atomic E-state index is 0.306. The molecule has 3 rings (SSSR count). The first-order valence-electron chi connectivity index (χ1n) is 9.63. The molecule has 0 unspecified atom stereocenters. The molecule has 11 heteroatoms. The maximum atomic E-state index is 14.1. The molecular formula is C23H17F4N3O3S. The number of thiocarbonyl (C=S) groups is 1. The van der Waals surface area contributed by atoms with E-state index in [1.54, 1.807) is 43.3 Å². The van der Waals surface area contributed by atoms with Crippen molar-refractivity contribution in [1.29, 1.82) is 0 Å². The predicted octanol–water partition coefficient (Wildman–Crippen LogP) is 4.94. The molecule has 0 fully saturated rings. The highest BCUT2D eigenvalue weighted by atomic mass is 32.1. The molecule has 2 amide bonds. The van der Waals surface area contributed by atoms with Crippen LogP contribution in [0.2, 0.25) is 0 Å². The van der Waals surface area contributed by atoms with Gasteiger partial charge < -0.3 is 15.4 Å². The van der Waals surface area contributed by atoms with Crippen molar-refractivity contribution in [3.05, 3.63) is 88.5 Å². The van der Waals surface area contributed by atoms with Crippen LogP contribution >= 0.6 is 12.2 Å². The first-order chi connectivity index (χ1) is 16.1. The number of rotatable bonds is 5. The van der Waals surface area contributed by atoms with Gasteiger partial charge in [-0.3, -0.25) is 14.9 Å². The zero-order chi connectivity index (χ0) is 25.0. The Hall–Kier alpha value is -3.99. The molecule has 0 saturated carbocycles. The molecule has 34 heavy (non-hydrogen) atoms. The van der Waals surface area contributed by atoms with Crippen LogP contribution in [0.25, 0.3) is 0 Å². The van der Waals surface area contributed by atoms with Gasteiger partial charge in [-0.25, -0.2) is 8.78 Å². The molecule has 176 valence electrons. The summed E-state index contributed by atoms with van der Waals surface area (Å²) in [5, 5.41) is 6.84. The molecule has 3 N–H and O–H groups in total. The molecule has 6 nitrogen and oxygen atoms in total. The topological polar surface area (TPSA) is 79.5 Å². The number of halogens is 4. The van der Waals surface area contributed by atoms with Gasteiger partial charge in [-0.05, 0) is 49.0 Å². The van der Waals surface area contributed by atoms with E-state index in [4.69, 9.17) is 12.2 Å². The Kier molecular flexibility index (Phi) is 7.47. The zero-order valence-electron chi connectivity index (χ0n) is 17.8. The van der Waals surface area contributed by atoms with Crippen LogP contribution in [0.3, 0.4) is 0 Å². The molecule has 0 saturated heterocycles. The molecule has 0 spiro atoms. The monoisotopic (exact) mass is 491 g/mol. The summed E-state index contributed by atoms with van der Waals surface area (Å²) in [5.74, 6) is -10.7. The largest absolute Gasteiger partial charge is 0.491 e. The van der Waals surface area contributed by atoms with E-state index in [9.17, 15) is 27.2 Å². The summed E-state index contributed by atoms with van der Waals surface area (Å²) in [5.41, 5.74) is 0.458. The molecule has 3 aromatic carbocycles. The first kappa shape index (κ1) is 24.6. The minimum Gasteiger partial charge on any atom is -0.491 e. The van der Waals surface area contributed by atoms with Crippen molar-refractivity contribution in [2.45, 2.75) is 6.92 Å². The third-order valence-corrected chi connectivity index (χ3v) is 4.85. The van der Waals surface area contributed by atoms with Crippen LogP contribution in [0, 0.1) is 30.2 Å². The Bertz CT molecular complexity index is 1270. The molecular weight excluding hydrogens is 474 g/mol. The Labute approximate surface area is 196 Å². The number of hydrogen-bond acceptors (Lipinski definition) is 4. The third kappa shape index (κ3) is 5.15. The van der Waals surface area contributed by atoms with Crippen LogP contribution in [0.4, 0.5) is 28.9 Å². The zero-order valence-corrected chi connectivity index (χ0v) is 18.6. The summed E-state index contributed by atoms with van der Waals surface area (Å²) in [6, 6.07) is 13.2. The van der Waals surface area contributed by atoms with Gasteiger partial charge in [0.05, 0.1) is 7.11 Å². The van der Waals surface area contributed by atoms with Crippen molar-refractivity contribution in [2.75, 3.05) is 17.7 Å². The van der Waals surface area contributed by atoms with Crippen LogP contribution in [-0.4, -0.2) is 24.0 Å². The molecule has 0 radical (unpaired) electrons. The molecule has 0 heterocycles. The number of amides is 2. The highest BCUT2D eigenvalue weighted by Crippen LogP contribution is 2.29. The van der Waals surface area contributed by atoms with Gasteiger partial charge in [0.15, 0.2) is 22.5 Å². The number of carbonyl (C=O) groups excluding carboxylic acids is 2. The summed E-state index contributed by atoms with van der Waals surface area (Å²) in [6.45, 7) is 1.79. The van der Waals surface area contributed by atoms with Crippen LogP contribution < -0.4 is 20.7 Å². The third-order valence-electron chi connectivity index (χ3n) is 4.65. The first-order valence-corrected chi connectivity index (χ1v) is 10.0. The van der Waals surface area contributed by atoms with E-state index in [1.165, 1.54) is 12.1 Å². The summed E-state index contributed by atoms with van der Waals surface area (Å²) < 4.78 is 60.3. The van der Waals surface area contributed by atoms with Crippen molar-refractivity contribution < 1.29 is 31.9 Å². The lowest BCUT2D eigenvalue weighted by Gasteiger charge is -2.13. The lowest BCUT2D eigenvalue weighted by Crippen LogP contribution is -2.35. The van der Waals surface area contributed by atoms with Crippen LogP contribution in [0.1, 0.15) is 26.3 Å². The van der Waals surface area contributed by atoms with E-state index in [1.807, 2.05) is 5.32 Å². The highest BCUT2D eigenvalue weighted by Gasteiger charge is 2.30. The quantitative estimate of drug-likeness (QED) is 0.268. The lowest BCUT2D eigenvalue weighted by molar-refractivity contribution is 0.0965. The van der Waals surface area contributed by atoms with Crippen LogP contribution in [-0.2, 0) is 0 Å². The summed E-state index contributed by atoms with van der Waals surface area (Å²) in [4.78, 5) is 24.7. The Morgan fingerprint density at radius 2 is 1.41 bits per heavy atom. The van der Waals surface area contributed by atoms with Crippen LogP contribution in [0.15, 0.2) is 48.5 Å². The summed E-state index contributed by atoms with van der Waals surface area (Å²) in [6.07, 6.45) is 0. The number of aryl methyl sites for hydroxylation is 1. The van der Waals surface area contributed by atoms with E-state index in [0.717, 1.165) is 12.7 Å². The van der Waals surface area contributed by atoms with Crippen molar-refractivity contribution >= 4 is 40.5 Å². The molecule has 0 atom stereocenters. The minimum atomic E-state index is -1.93. The number of carbonyl (C=O) groups is 2. The smallest absolute Gasteiger partial charge is 0.263 e. The van der Waals surface area contributed by atoms with Crippen molar-refractivity contribution in [1.82, 2.24) is 5.32 Å². The van der Waals surface area contributed by atoms with Crippen LogP contribution in [0.5, 0.6) is 5.75 Å². The fraction of sp³-hybridized carbons (Fsp3) is 0.0870. The fourth-order valence-electron chi connectivity index (χ4n) is 3.02. The van der Waals surface area contributed by atoms with Crippen molar-refractivity contribution in [2.24, 2.45) is 0 Å². The van der Waals surface area contributed by atoms with E-state index < -0.39 is 45.6 Å². The molecule has 0 aliphatic rings. The molecule has 0 aliphatic carbocycles. The highest BCUT2D eigenvalue weighted by molar-refractivity contribution is 7.80. The summed E-state index contributed by atoms with van der Waals surface area (Å²) in [7, 11) is 0.816. The maximum absolute atomic E-state index is 14.1. The second-order valence-corrected chi connectivity index (χ2v) is 7.33. The molecule has 3 aromatic rings. The number of nitrogens with one attached hydrogen (secondary N) is 3. The second kappa shape index (κ2) is 10.3. The SMILES string of the molecule is COc1c(F)c(F)c(C(=O)NC(=S)Nc2cccc(NC(=O)c3ccccc3C)c2)c(F)c1F. The normalized spacial score (nSPS) is 10.4. The number of hydrogen-bond donors (Lipinski definition) is 3. The standard InChI is InChI=1S/C23H17F4N3O3S/c1-11-6-3-4-9-14(11)21(31)28-12-7-5-8-13(10-12)29-23(34)30-22(32)15-16(24)18(26)20(33-2)19(27)17(15)25/h3-10H,1-2H3,(H,28,31)(H2,29,30,32,34). The predicted molar refractivity (Wildman–Crippen MR) is 122 cm³/mol. The van der Waals surface area contributed by atoms with E-state index in [2.05, 4.69) is 15.4 Å². The molecule has 0 bridgehead atoms. The second-order valence-electron chi connectivity index (χ2n) is 6.92. The van der Waals surface area contributed by atoms with Crippen molar-refractivity contribution in [3.8, 4) is 5.75 Å². The number of anilines is 2. The van der Waals surface area contributed by atoms with Gasteiger partial charge in [0.1, 0.15) is 5.56 Å². The Morgan fingerprint density at radius 3 is 2.00 bits per heavy atom. The van der Waals surface area contributed by atoms with E-state index in [-0.39, 0.29) is 5.91 Å². The Morgan fingerprint density at radius 1 is 0.824 bits per heavy atom. The fourth-order valence-corrected chi connectivity index (χ4v) is 3.23. The number of methoxy groups -OCH3 is 1. The van der Waals surface area contributed by atoms with Crippen molar-refractivity contribution in [3.63, 3.8) is 0 Å². The van der Waals surface area contributed by atoms with Gasteiger partial charge in [-0.15, -0.1) is 0 Å². The van der Waals surface area contributed by atoms with Gasteiger partial charge in [-0.1, -0.05) is 24.3 Å². The lowest BCUT2D eigenvalue weighted by atomic mass is 10.1. The van der Waals surface area contributed by atoms with Gasteiger partial charge in [0.25, 0.3) is 11.8 Å². The van der Waals surface area contributed by atoms with Gasteiger partial charge in [0.2, 0.25) is 11.6 Å². The summed E-state index contributed by atoms with van der Waals surface area (Å²) >= 11 is 4.95. The van der Waals surface area contributed by atoms with Gasteiger partial charge in [0, 0.05) is 16.9 Å². The van der Waals surface area contributed by atoms with Gasteiger partial charge in [-0.2, -0.15) is 8.78 Å².